The molecule has 9 heteroatoms. The van der Waals surface area contributed by atoms with E-state index in [2.05, 4.69) is 0 Å². The topological polar surface area (TPSA) is 110 Å². The van der Waals surface area contributed by atoms with Crippen molar-refractivity contribution in [1.82, 2.24) is 0 Å². The molecule has 0 saturated heterocycles. The third-order valence-electron chi connectivity index (χ3n) is 2.77. The van der Waals surface area contributed by atoms with Gasteiger partial charge < -0.3 is 4.74 Å². The molecule has 1 aromatic rings. The number of hydrogen-bond donors (Lipinski definition) is 0. The summed E-state index contributed by atoms with van der Waals surface area (Å²) in [4.78, 5) is 10.3. The molecular weight excluding hydrogens is 320 g/mol. The zero-order chi connectivity index (χ0) is 16.0. The summed E-state index contributed by atoms with van der Waals surface area (Å²) in [6.07, 6.45) is 0.496. The second-order valence-corrected chi connectivity index (χ2v) is 7.16. The summed E-state index contributed by atoms with van der Waals surface area (Å²) in [5, 5.41) is 19.7. The van der Waals surface area contributed by atoms with Crippen molar-refractivity contribution in [3.8, 4) is 11.8 Å². The lowest BCUT2D eigenvalue weighted by atomic mass is 10.1. The second kappa shape index (κ2) is 7.24. The van der Waals surface area contributed by atoms with Crippen LogP contribution in [0.3, 0.4) is 0 Å². The number of nitro benzene ring substituents is 1. The van der Waals surface area contributed by atoms with E-state index in [-0.39, 0.29) is 35.3 Å². The molecule has 21 heavy (non-hydrogen) atoms. The summed E-state index contributed by atoms with van der Waals surface area (Å²) in [6, 6.07) is 5.61. The van der Waals surface area contributed by atoms with Crippen LogP contribution in [0.2, 0.25) is 0 Å². The average molecular weight is 333 g/mol. The molecule has 0 saturated carbocycles. The number of ether oxygens (including phenoxy) is 1. The highest BCUT2D eigenvalue weighted by Gasteiger charge is 2.20. The lowest BCUT2D eigenvalue weighted by Crippen LogP contribution is -2.19. The summed E-state index contributed by atoms with van der Waals surface area (Å²) in [7, 11) is 1.52. The van der Waals surface area contributed by atoms with Gasteiger partial charge in [0.25, 0.3) is 0 Å². The van der Waals surface area contributed by atoms with Gasteiger partial charge in [0, 0.05) is 22.7 Å². The molecule has 1 unspecified atom stereocenters. The molecule has 0 radical (unpaired) electrons. The largest absolute Gasteiger partial charge is 0.486 e. The van der Waals surface area contributed by atoms with Crippen LogP contribution in [0.25, 0.3) is 0 Å². The molecule has 0 heterocycles. The van der Waals surface area contributed by atoms with Crippen molar-refractivity contribution in [3.05, 3.63) is 33.9 Å². The van der Waals surface area contributed by atoms with Crippen LogP contribution in [-0.2, 0) is 9.05 Å². The molecule has 0 aliphatic rings. The zero-order valence-electron chi connectivity index (χ0n) is 11.2. The fourth-order valence-electron chi connectivity index (χ4n) is 1.62. The van der Waals surface area contributed by atoms with Crippen molar-refractivity contribution in [2.24, 2.45) is 5.92 Å². The summed E-state index contributed by atoms with van der Waals surface area (Å²) >= 11 is 0. The van der Waals surface area contributed by atoms with E-state index >= 15 is 0 Å². The minimum atomic E-state index is -3.66. The monoisotopic (exact) mass is 332 g/mol. The van der Waals surface area contributed by atoms with Crippen molar-refractivity contribution >= 4 is 25.4 Å². The Morgan fingerprint density at radius 1 is 1.52 bits per heavy atom. The fraction of sp³-hybridized carbons (Fsp3) is 0.417. The van der Waals surface area contributed by atoms with E-state index in [1.807, 2.05) is 0 Å². The Hall–Kier alpha value is -1.85. The number of benzene rings is 1. The van der Waals surface area contributed by atoms with Gasteiger partial charge in [-0.1, -0.05) is 6.92 Å². The van der Waals surface area contributed by atoms with Gasteiger partial charge >= 0.3 is 5.69 Å². The van der Waals surface area contributed by atoms with Crippen LogP contribution in [0.5, 0.6) is 5.75 Å². The molecular formula is C12H13ClN2O5S. The predicted octanol–water partition coefficient (Wildman–Crippen LogP) is 2.44. The van der Waals surface area contributed by atoms with Gasteiger partial charge in [-0.15, -0.1) is 0 Å². The van der Waals surface area contributed by atoms with Crippen LogP contribution in [0.15, 0.2) is 18.2 Å². The van der Waals surface area contributed by atoms with Gasteiger partial charge in [0.1, 0.15) is 0 Å². The first kappa shape index (κ1) is 17.2. The van der Waals surface area contributed by atoms with Gasteiger partial charge in [-0.2, -0.15) is 5.26 Å². The Labute approximate surface area is 126 Å². The van der Waals surface area contributed by atoms with Crippen molar-refractivity contribution < 1.29 is 18.1 Å². The highest BCUT2D eigenvalue weighted by molar-refractivity contribution is 8.13. The van der Waals surface area contributed by atoms with Crippen LogP contribution in [0.1, 0.15) is 18.9 Å². The first-order valence-corrected chi connectivity index (χ1v) is 8.48. The number of nitro groups is 1. The third kappa shape index (κ3) is 5.57. The number of nitriles is 1. The van der Waals surface area contributed by atoms with E-state index in [0.29, 0.717) is 6.42 Å². The molecule has 0 amide bonds. The van der Waals surface area contributed by atoms with Crippen LogP contribution in [0, 0.1) is 27.4 Å². The SMILES string of the molecule is CCC(COc1ccc(C#N)cc1[N+](=O)[O-])CS(=O)(=O)Cl. The third-order valence-corrected chi connectivity index (χ3v) is 4.02. The lowest BCUT2D eigenvalue weighted by molar-refractivity contribution is -0.385. The molecule has 0 N–H and O–H groups in total. The Morgan fingerprint density at radius 2 is 2.19 bits per heavy atom. The minimum absolute atomic E-state index is 0.00980. The van der Waals surface area contributed by atoms with Gasteiger partial charge in [-0.05, 0) is 18.6 Å². The van der Waals surface area contributed by atoms with Crippen molar-refractivity contribution in [2.75, 3.05) is 12.4 Å². The summed E-state index contributed by atoms with van der Waals surface area (Å²) in [5.41, 5.74) is -0.193. The van der Waals surface area contributed by atoms with Crippen LogP contribution < -0.4 is 4.74 Å². The quantitative estimate of drug-likeness (QED) is 0.431. The molecule has 1 atom stereocenters. The molecule has 0 fully saturated rings. The smallest absolute Gasteiger partial charge is 0.312 e. The minimum Gasteiger partial charge on any atom is -0.486 e. The number of rotatable bonds is 7. The van der Waals surface area contributed by atoms with E-state index in [1.54, 1.807) is 13.0 Å². The summed E-state index contributed by atoms with van der Waals surface area (Å²) in [5.74, 6) is -0.651. The molecule has 1 rings (SSSR count). The number of nitrogens with zero attached hydrogens (tertiary/aromatic N) is 2. The number of halogens is 1. The molecule has 0 aliphatic heterocycles. The Morgan fingerprint density at radius 3 is 2.67 bits per heavy atom. The summed E-state index contributed by atoms with van der Waals surface area (Å²) in [6.45, 7) is 1.75. The maximum Gasteiger partial charge on any atom is 0.312 e. The predicted molar refractivity (Wildman–Crippen MR) is 76.7 cm³/mol. The molecule has 0 aliphatic carbocycles. The van der Waals surface area contributed by atoms with E-state index in [9.17, 15) is 18.5 Å². The van der Waals surface area contributed by atoms with Crippen LogP contribution in [-0.4, -0.2) is 25.7 Å². The average Bonchev–Trinajstić information content (AvgIpc) is 2.41. The highest BCUT2D eigenvalue weighted by Crippen LogP contribution is 2.28. The Bertz CT molecular complexity index is 669. The second-order valence-electron chi connectivity index (χ2n) is 4.34. The van der Waals surface area contributed by atoms with E-state index < -0.39 is 14.0 Å². The molecule has 114 valence electrons. The molecule has 1 aromatic carbocycles. The van der Waals surface area contributed by atoms with Gasteiger partial charge in [0.05, 0.1) is 28.9 Å². The zero-order valence-corrected chi connectivity index (χ0v) is 12.7. The first-order valence-electron chi connectivity index (χ1n) is 6.00. The first-order chi connectivity index (χ1) is 9.76. The van der Waals surface area contributed by atoms with Crippen molar-refractivity contribution in [3.63, 3.8) is 0 Å². The van der Waals surface area contributed by atoms with E-state index in [4.69, 9.17) is 20.7 Å². The number of hydrogen-bond acceptors (Lipinski definition) is 6. The van der Waals surface area contributed by atoms with Gasteiger partial charge in [0.15, 0.2) is 5.75 Å². The molecule has 0 spiro atoms. The van der Waals surface area contributed by atoms with Gasteiger partial charge in [-0.25, -0.2) is 8.42 Å². The Kier molecular flexibility index (Phi) is 5.93. The van der Waals surface area contributed by atoms with Gasteiger partial charge in [0.2, 0.25) is 9.05 Å². The van der Waals surface area contributed by atoms with E-state index in [1.165, 1.54) is 12.1 Å². The summed E-state index contributed by atoms with van der Waals surface area (Å²) < 4.78 is 27.4. The highest BCUT2D eigenvalue weighted by atomic mass is 35.7. The van der Waals surface area contributed by atoms with Crippen molar-refractivity contribution in [2.45, 2.75) is 13.3 Å². The van der Waals surface area contributed by atoms with Gasteiger partial charge in [-0.3, -0.25) is 10.1 Å². The molecule has 7 nitrogen and oxygen atoms in total. The van der Waals surface area contributed by atoms with Crippen LogP contribution >= 0.6 is 10.7 Å². The normalized spacial score (nSPS) is 12.4. The maximum atomic E-state index is 11.0. The van der Waals surface area contributed by atoms with E-state index in [0.717, 1.165) is 6.07 Å². The standard InChI is InChI=1S/C12H13ClN2O5S/c1-2-9(8-21(13,18)19)7-20-12-4-3-10(6-14)5-11(12)15(16)17/h3-5,9H,2,7-8H2,1H3. The fourth-order valence-corrected chi connectivity index (χ4v) is 3.05. The Balaban J connectivity index is 2.88. The molecule has 0 bridgehead atoms. The van der Waals surface area contributed by atoms with Crippen LogP contribution in [0.4, 0.5) is 5.69 Å². The van der Waals surface area contributed by atoms with Crippen molar-refractivity contribution in [1.29, 1.82) is 5.26 Å². The molecule has 0 aromatic heterocycles. The maximum absolute atomic E-state index is 11.0. The lowest BCUT2D eigenvalue weighted by Gasteiger charge is -2.14.